The zero-order valence-electron chi connectivity index (χ0n) is 24.2. The Morgan fingerprint density at radius 3 is 2.11 bits per heavy atom. The zero-order chi connectivity index (χ0) is 26.9. The van der Waals surface area contributed by atoms with Crippen molar-refractivity contribution in [2.75, 3.05) is 13.1 Å². The maximum Gasteiger partial charge on any atom is 0.0738 e. The number of aliphatic imine (C=N–C) groups is 1. The minimum atomic E-state index is 0. The largest absolute Gasteiger partial charge is 0.658 e. The fourth-order valence-corrected chi connectivity index (χ4v) is 5.06. The Kier molecular flexibility index (Phi) is 26.6. The second-order valence-corrected chi connectivity index (χ2v) is 9.74. The first-order chi connectivity index (χ1) is 17.7. The Hall–Kier alpha value is -1.51. The van der Waals surface area contributed by atoms with Crippen LogP contribution in [0.25, 0.3) is 5.32 Å². The third-order valence-electron chi connectivity index (χ3n) is 7.27. The SMILES string of the molecule is C#C.C=N/C=C(\NN)C1=CCCC=C1.CCC1(C2=CCC[N-]C2)CCCCC1.CCCCCCCC.[V]. The van der Waals surface area contributed by atoms with Gasteiger partial charge in [0.25, 0.3) is 0 Å². The number of rotatable bonds is 10. The van der Waals surface area contributed by atoms with Crippen LogP contribution in [0, 0.1) is 18.3 Å². The van der Waals surface area contributed by atoms with E-state index in [0.717, 1.165) is 37.2 Å². The van der Waals surface area contributed by atoms with Gasteiger partial charge in [-0.05, 0) is 49.8 Å². The van der Waals surface area contributed by atoms with Gasteiger partial charge in [-0.15, -0.1) is 25.9 Å². The molecule has 3 rings (SSSR count). The predicted molar refractivity (Wildman–Crippen MR) is 162 cm³/mol. The summed E-state index contributed by atoms with van der Waals surface area (Å²) in [6.07, 6.45) is 38.7. The molecule has 1 heterocycles. The number of terminal acetylenes is 1. The molecule has 0 aromatic heterocycles. The molecule has 0 aromatic rings. The monoisotopic (exact) mass is 546 g/mol. The van der Waals surface area contributed by atoms with Gasteiger partial charge < -0.3 is 10.7 Å². The summed E-state index contributed by atoms with van der Waals surface area (Å²) in [6, 6.07) is 0. The molecule has 37 heavy (non-hydrogen) atoms. The molecule has 0 aromatic carbocycles. The molecule has 3 N–H and O–H groups in total. The molecule has 0 amide bonds. The second kappa shape index (κ2) is 26.1. The van der Waals surface area contributed by atoms with Crippen LogP contribution in [0.5, 0.6) is 0 Å². The Morgan fingerprint density at radius 1 is 1.03 bits per heavy atom. The van der Waals surface area contributed by atoms with Crippen LogP contribution in [-0.4, -0.2) is 19.8 Å². The molecule has 2 aliphatic carbocycles. The Morgan fingerprint density at radius 2 is 1.68 bits per heavy atom. The van der Waals surface area contributed by atoms with E-state index in [9.17, 15) is 0 Å². The summed E-state index contributed by atoms with van der Waals surface area (Å²) in [7, 11) is 0. The van der Waals surface area contributed by atoms with Gasteiger partial charge in [0.1, 0.15) is 0 Å². The molecule has 0 saturated heterocycles. The molecule has 1 saturated carbocycles. The summed E-state index contributed by atoms with van der Waals surface area (Å²) in [5, 5.41) is 4.56. The van der Waals surface area contributed by atoms with E-state index in [2.05, 4.69) is 74.3 Å². The maximum atomic E-state index is 5.31. The summed E-state index contributed by atoms with van der Waals surface area (Å²) in [6.45, 7) is 12.3. The van der Waals surface area contributed by atoms with Crippen LogP contribution >= 0.6 is 0 Å². The van der Waals surface area contributed by atoms with Crippen molar-refractivity contribution in [3.8, 4) is 12.8 Å². The summed E-state index contributed by atoms with van der Waals surface area (Å²) in [5.74, 6) is 5.31. The van der Waals surface area contributed by atoms with Crippen LogP contribution in [0.2, 0.25) is 0 Å². The van der Waals surface area contributed by atoms with Crippen LogP contribution in [0.4, 0.5) is 0 Å². The van der Waals surface area contributed by atoms with Gasteiger partial charge in [-0.25, -0.2) is 0 Å². The molecule has 3 aliphatic rings. The van der Waals surface area contributed by atoms with Gasteiger partial charge in [0, 0.05) is 18.6 Å². The van der Waals surface area contributed by atoms with Crippen LogP contribution in [-0.2, 0) is 18.6 Å². The Bertz CT molecular complexity index is 691. The Labute approximate surface area is 242 Å². The molecule has 1 aliphatic heterocycles. The molecule has 0 unspecified atom stereocenters. The van der Waals surface area contributed by atoms with E-state index in [1.807, 2.05) is 6.08 Å². The summed E-state index contributed by atoms with van der Waals surface area (Å²) in [5.41, 5.74) is 6.70. The standard InChI is InChI=1S/C13H22N.C9H13N3.C8H18.C2H2.V/c1-2-13(8-4-3-5-9-13)12-7-6-10-14-11-12;1-11-7-9(12-10)8-5-3-2-4-6-8;1-3-5-7-8-6-4-2;1-2;/h7H,2-6,8-11H2,1H3;3,5-7,12H,1-2,4,10H2;3-8H2,1-2H3;1-2H;/q-1;;;;/b;9-7-;;;. The predicted octanol–water partition coefficient (Wildman–Crippen LogP) is 8.93. The van der Waals surface area contributed by atoms with Crippen molar-refractivity contribution in [2.24, 2.45) is 16.3 Å². The van der Waals surface area contributed by atoms with Crippen molar-refractivity contribution in [1.82, 2.24) is 5.43 Å². The number of unbranched alkanes of at least 4 members (excludes halogenated alkanes) is 5. The first-order valence-electron chi connectivity index (χ1n) is 14.3. The third kappa shape index (κ3) is 16.1. The van der Waals surface area contributed by atoms with Gasteiger partial charge in [0.2, 0.25) is 0 Å². The molecule has 1 radical (unpaired) electrons. The van der Waals surface area contributed by atoms with Crippen LogP contribution in [0.1, 0.15) is 117 Å². The first kappa shape index (κ1) is 37.6. The molecule has 1 fully saturated rings. The molecular weight excluding hydrogens is 491 g/mol. The zero-order valence-corrected chi connectivity index (χ0v) is 25.6. The van der Waals surface area contributed by atoms with E-state index in [0.29, 0.717) is 5.41 Å². The van der Waals surface area contributed by atoms with Crippen molar-refractivity contribution >= 4 is 6.72 Å². The third-order valence-corrected chi connectivity index (χ3v) is 7.27. The summed E-state index contributed by atoms with van der Waals surface area (Å²) in [4.78, 5) is 3.65. The van der Waals surface area contributed by atoms with E-state index in [1.165, 1.54) is 83.5 Å². The molecule has 0 bridgehead atoms. The number of hydrogen-bond acceptors (Lipinski definition) is 3. The molecule has 5 heteroatoms. The summed E-state index contributed by atoms with van der Waals surface area (Å²) < 4.78 is 0. The number of nitrogens with two attached hydrogens (primary N) is 1. The fraction of sp³-hybridized carbons (Fsp3) is 0.656. The number of nitrogens with zero attached hydrogens (tertiary/aromatic N) is 2. The number of hydrogen-bond donors (Lipinski definition) is 2. The van der Waals surface area contributed by atoms with Crippen LogP contribution < -0.4 is 11.3 Å². The topological polar surface area (TPSA) is 64.5 Å². The first-order valence-corrected chi connectivity index (χ1v) is 14.3. The van der Waals surface area contributed by atoms with Crippen molar-refractivity contribution in [3.05, 3.63) is 52.7 Å². The minimum Gasteiger partial charge on any atom is -0.658 e. The van der Waals surface area contributed by atoms with Gasteiger partial charge in [-0.3, -0.25) is 10.8 Å². The van der Waals surface area contributed by atoms with Gasteiger partial charge in [0.15, 0.2) is 0 Å². The van der Waals surface area contributed by atoms with E-state index < -0.39 is 0 Å². The average molecular weight is 547 g/mol. The average Bonchev–Trinajstić information content (AvgIpc) is 2.97. The molecule has 209 valence electrons. The molecule has 0 spiro atoms. The molecular formula is C32H55N4V-. The van der Waals surface area contributed by atoms with Crippen molar-refractivity contribution in [1.29, 1.82) is 0 Å². The molecule has 0 atom stereocenters. The molecule has 4 nitrogen and oxygen atoms in total. The van der Waals surface area contributed by atoms with Gasteiger partial charge in [-0.2, -0.15) is 0 Å². The quantitative estimate of drug-likeness (QED) is 0.0717. The van der Waals surface area contributed by atoms with Crippen molar-refractivity contribution < 1.29 is 18.6 Å². The second-order valence-electron chi connectivity index (χ2n) is 9.74. The van der Waals surface area contributed by atoms with Gasteiger partial charge in [-0.1, -0.05) is 115 Å². The number of nitrogens with one attached hydrogen (secondary N) is 1. The Balaban J connectivity index is 0. The smallest absolute Gasteiger partial charge is 0.0738 e. The number of allylic oxidation sites excluding steroid dienone is 3. The normalized spacial score (nSPS) is 17.9. The fourth-order valence-electron chi connectivity index (χ4n) is 5.06. The van der Waals surface area contributed by atoms with Crippen LogP contribution in [0.3, 0.4) is 0 Å². The van der Waals surface area contributed by atoms with E-state index in [4.69, 9.17) is 5.84 Å². The van der Waals surface area contributed by atoms with Gasteiger partial charge in [0.05, 0.1) is 11.9 Å². The minimum absolute atomic E-state index is 0. The number of hydrazine groups is 1. The van der Waals surface area contributed by atoms with Crippen LogP contribution in [0.15, 0.2) is 52.3 Å². The maximum absolute atomic E-state index is 5.31. The van der Waals surface area contributed by atoms with Gasteiger partial charge >= 0.3 is 0 Å². The summed E-state index contributed by atoms with van der Waals surface area (Å²) >= 11 is 0. The van der Waals surface area contributed by atoms with Crippen molar-refractivity contribution in [3.63, 3.8) is 0 Å². The van der Waals surface area contributed by atoms with Crippen molar-refractivity contribution in [2.45, 2.75) is 117 Å². The van der Waals surface area contributed by atoms with E-state index in [-0.39, 0.29) is 18.6 Å². The van der Waals surface area contributed by atoms with E-state index >= 15 is 0 Å². The van der Waals surface area contributed by atoms with E-state index in [1.54, 1.807) is 11.8 Å².